The summed E-state index contributed by atoms with van der Waals surface area (Å²) in [5.74, 6) is -0.206. The van der Waals surface area contributed by atoms with E-state index in [4.69, 9.17) is 0 Å². The number of rotatable bonds is 2. The molecule has 0 saturated heterocycles. The van der Waals surface area contributed by atoms with Crippen molar-refractivity contribution >= 4 is 17.3 Å². The van der Waals surface area contributed by atoms with Gasteiger partial charge < -0.3 is 5.32 Å². The third kappa shape index (κ3) is 4.02. The van der Waals surface area contributed by atoms with Crippen molar-refractivity contribution in [2.45, 2.75) is 38.5 Å². The predicted octanol–water partition coefficient (Wildman–Crippen LogP) is 6.77. The van der Waals surface area contributed by atoms with E-state index in [9.17, 15) is 18.0 Å². The summed E-state index contributed by atoms with van der Waals surface area (Å²) in [7, 11) is 0. The van der Waals surface area contributed by atoms with Gasteiger partial charge in [-0.15, -0.1) is 0 Å². The molecule has 0 spiro atoms. The molecule has 160 valence electrons. The summed E-state index contributed by atoms with van der Waals surface area (Å²) in [5, 5.41) is 3.32. The third-order valence-electron chi connectivity index (χ3n) is 5.49. The Bertz CT molecular complexity index is 1100. The lowest BCUT2D eigenvalue weighted by Gasteiger charge is -2.38. The van der Waals surface area contributed by atoms with E-state index >= 15 is 0 Å². The normalized spacial score (nSPS) is 16.6. The molecule has 1 N–H and O–H groups in total. The first-order chi connectivity index (χ1) is 14.6. The largest absolute Gasteiger partial charge is 0.416 e. The lowest BCUT2D eigenvalue weighted by atomic mass is 9.87. The average molecular weight is 424 g/mol. The van der Waals surface area contributed by atoms with Gasteiger partial charge in [0.1, 0.15) is 6.17 Å². The van der Waals surface area contributed by atoms with Gasteiger partial charge in [0.25, 0.3) is 5.91 Å². The van der Waals surface area contributed by atoms with Crippen LogP contribution in [0.5, 0.6) is 0 Å². The number of anilines is 2. The molecule has 0 bridgehead atoms. The van der Waals surface area contributed by atoms with Crippen molar-refractivity contribution < 1.29 is 18.0 Å². The highest BCUT2D eigenvalue weighted by molar-refractivity contribution is 6.12. The molecule has 0 aliphatic carbocycles. The second-order valence-corrected chi connectivity index (χ2v) is 8.68. The summed E-state index contributed by atoms with van der Waals surface area (Å²) in [5.41, 5.74) is 2.77. The van der Waals surface area contributed by atoms with Crippen LogP contribution in [0.3, 0.4) is 0 Å². The first-order valence-electron chi connectivity index (χ1n) is 10.0. The zero-order valence-corrected chi connectivity index (χ0v) is 17.5. The highest BCUT2D eigenvalue weighted by Gasteiger charge is 2.35. The van der Waals surface area contributed by atoms with Gasteiger partial charge in [0.15, 0.2) is 0 Å². The predicted molar refractivity (Wildman–Crippen MR) is 116 cm³/mol. The van der Waals surface area contributed by atoms with Gasteiger partial charge in [-0.3, -0.25) is 9.69 Å². The second-order valence-electron chi connectivity index (χ2n) is 8.68. The molecule has 1 aliphatic rings. The number of amides is 1. The van der Waals surface area contributed by atoms with Crippen molar-refractivity contribution in [2.24, 2.45) is 0 Å². The van der Waals surface area contributed by atoms with Crippen LogP contribution in [0.1, 0.15) is 54.0 Å². The number of halogens is 3. The van der Waals surface area contributed by atoms with Gasteiger partial charge in [0, 0.05) is 11.4 Å². The summed E-state index contributed by atoms with van der Waals surface area (Å²) in [4.78, 5) is 15.0. The van der Waals surface area contributed by atoms with Gasteiger partial charge in [-0.2, -0.15) is 13.2 Å². The molecule has 31 heavy (non-hydrogen) atoms. The Kier molecular flexibility index (Phi) is 5.04. The molecule has 1 aliphatic heterocycles. The minimum Gasteiger partial charge on any atom is -0.360 e. The molecule has 3 nitrogen and oxygen atoms in total. The summed E-state index contributed by atoms with van der Waals surface area (Å²) >= 11 is 0. The number of carbonyl (C=O) groups excluding carboxylic acids is 1. The number of benzene rings is 3. The molecular formula is C25H23F3N2O. The average Bonchev–Trinajstić information content (AvgIpc) is 2.73. The van der Waals surface area contributed by atoms with Gasteiger partial charge >= 0.3 is 6.18 Å². The molecule has 4 rings (SSSR count). The van der Waals surface area contributed by atoms with Crippen molar-refractivity contribution in [2.75, 3.05) is 10.2 Å². The van der Waals surface area contributed by atoms with Crippen LogP contribution in [0.15, 0.2) is 72.8 Å². The zero-order chi connectivity index (χ0) is 22.4. The Balaban J connectivity index is 1.78. The highest BCUT2D eigenvalue weighted by atomic mass is 19.4. The fourth-order valence-electron chi connectivity index (χ4n) is 3.73. The Morgan fingerprint density at radius 1 is 0.806 bits per heavy atom. The van der Waals surface area contributed by atoms with E-state index < -0.39 is 17.9 Å². The number of nitrogens with one attached hydrogen (secondary N) is 1. The number of hydrogen-bond donors (Lipinski definition) is 1. The van der Waals surface area contributed by atoms with Crippen LogP contribution in [0.25, 0.3) is 0 Å². The van der Waals surface area contributed by atoms with E-state index in [1.807, 2.05) is 30.3 Å². The molecule has 3 aromatic carbocycles. The maximum atomic E-state index is 13.4. The van der Waals surface area contributed by atoms with E-state index in [2.05, 4.69) is 26.1 Å². The van der Waals surface area contributed by atoms with E-state index in [-0.39, 0.29) is 11.3 Å². The molecule has 0 aromatic heterocycles. The van der Waals surface area contributed by atoms with Crippen molar-refractivity contribution in [3.8, 4) is 0 Å². The molecule has 3 aromatic rings. The molecule has 0 saturated carbocycles. The highest BCUT2D eigenvalue weighted by Crippen LogP contribution is 2.38. The summed E-state index contributed by atoms with van der Waals surface area (Å²) in [6.07, 6.45) is -5.05. The summed E-state index contributed by atoms with van der Waals surface area (Å²) in [6.45, 7) is 6.32. The fourth-order valence-corrected chi connectivity index (χ4v) is 3.73. The quantitative estimate of drug-likeness (QED) is 0.492. The second kappa shape index (κ2) is 7.45. The van der Waals surface area contributed by atoms with Gasteiger partial charge in [0.2, 0.25) is 0 Å². The van der Waals surface area contributed by atoms with Crippen molar-refractivity contribution in [1.29, 1.82) is 0 Å². The topological polar surface area (TPSA) is 32.3 Å². The van der Waals surface area contributed by atoms with E-state index in [1.165, 1.54) is 12.1 Å². The van der Waals surface area contributed by atoms with Crippen molar-refractivity contribution in [3.63, 3.8) is 0 Å². The Morgan fingerprint density at radius 2 is 1.39 bits per heavy atom. The first-order valence-corrected chi connectivity index (χ1v) is 10.0. The van der Waals surface area contributed by atoms with Crippen LogP contribution < -0.4 is 10.2 Å². The van der Waals surface area contributed by atoms with Gasteiger partial charge in [-0.05, 0) is 52.9 Å². The lowest BCUT2D eigenvalue weighted by Crippen LogP contribution is -2.43. The standard InChI is InChI=1S/C25H23F3N2O/c1-24(2,3)17-12-14-19(15-13-17)30-22(16-8-10-18(11-9-16)25(26,27)28)29-21-7-5-4-6-20(21)23(30)31/h4-15,22,29H,1-3H3. The first kappa shape index (κ1) is 21.0. The van der Waals surface area contributed by atoms with Gasteiger partial charge in [-0.25, -0.2) is 0 Å². The van der Waals surface area contributed by atoms with E-state index in [1.54, 1.807) is 23.1 Å². The molecule has 6 heteroatoms. The molecular weight excluding hydrogens is 401 g/mol. The Labute approximate surface area is 179 Å². The van der Waals surface area contributed by atoms with Gasteiger partial charge in [0.05, 0.1) is 11.1 Å². The van der Waals surface area contributed by atoms with E-state index in [0.29, 0.717) is 22.5 Å². The fraction of sp³-hybridized carbons (Fsp3) is 0.240. The Hall–Kier alpha value is -3.28. The minimum atomic E-state index is -4.41. The summed E-state index contributed by atoms with van der Waals surface area (Å²) < 4.78 is 39.0. The monoisotopic (exact) mass is 424 g/mol. The van der Waals surface area contributed by atoms with E-state index in [0.717, 1.165) is 17.7 Å². The number of hydrogen-bond acceptors (Lipinski definition) is 2. The number of carbonyl (C=O) groups is 1. The van der Waals surface area contributed by atoms with Crippen LogP contribution in [-0.4, -0.2) is 5.91 Å². The molecule has 0 radical (unpaired) electrons. The zero-order valence-electron chi connectivity index (χ0n) is 17.5. The third-order valence-corrected chi connectivity index (χ3v) is 5.49. The molecule has 0 fully saturated rings. The summed E-state index contributed by atoms with van der Waals surface area (Å²) in [6, 6.07) is 19.8. The Morgan fingerprint density at radius 3 is 1.97 bits per heavy atom. The molecule has 1 amide bonds. The van der Waals surface area contributed by atoms with Gasteiger partial charge in [-0.1, -0.05) is 57.2 Å². The van der Waals surface area contributed by atoms with Crippen LogP contribution in [0, 0.1) is 0 Å². The van der Waals surface area contributed by atoms with Crippen molar-refractivity contribution in [3.05, 3.63) is 95.1 Å². The van der Waals surface area contributed by atoms with Crippen LogP contribution >= 0.6 is 0 Å². The van der Waals surface area contributed by atoms with Crippen LogP contribution in [-0.2, 0) is 11.6 Å². The minimum absolute atomic E-state index is 0.0396. The number of fused-ring (bicyclic) bond motifs is 1. The molecule has 1 atom stereocenters. The van der Waals surface area contributed by atoms with Crippen molar-refractivity contribution in [1.82, 2.24) is 0 Å². The SMILES string of the molecule is CC(C)(C)c1ccc(N2C(=O)c3ccccc3NC2c2ccc(C(F)(F)F)cc2)cc1. The number of para-hydroxylation sites is 1. The smallest absolute Gasteiger partial charge is 0.360 e. The lowest BCUT2D eigenvalue weighted by molar-refractivity contribution is -0.137. The number of alkyl halides is 3. The number of nitrogens with zero attached hydrogens (tertiary/aromatic N) is 1. The maximum absolute atomic E-state index is 13.4. The van der Waals surface area contributed by atoms with Crippen LogP contribution in [0.2, 0.25) is 0 Å². The maximum Gasteiger partial charge on any atom is 0.416 e. The van der Waals surface area contributed by atoms with Crippen LogP contribution in [0.4, 0.5) is 24.5 Å². The molecule has 1 unspecified atom stereocenters. The molecule has 1 heterocycles.